The average molecular weight is 231 g/mol. The largest absolute Gasteiger partial charge is 0.359 e. The standard InChI is InChI=1S/C15H21NO/c1-11-7-5-8-12(2)14(11)16-10-6-9-13(17)15(16,3)4/h5,7-8H,6,9-10H2,1-4H3. The van der Waals surface area contributed by atoms with Gasteiger partial charge in [0.15, 0.2) is 5.78 Å². The number of piperidine rings is 1. The highest BCUT2D eigenvalue weighted by molar-refractivity contribution is 5.92. The highest BCUT2D eigenvalue weighted by Gasteiger charge is 2.38. The van der Waals surface area contributed by atoms with Crippen LogP contribution in [0.2, 0.25) is 0 Å². The minimum atomic E-state index is -0.366. The number of anilines is 1. The first-order chi connectivity index (χ1) is 7.94. The van der Waals surface area contributed by atoms with Crippen LogP contribution in [0.3, 0.4) is 0 Å². The van der Waals surface area contributed by atoms with Crippen molar-refractivity contribution in [3.05, 3.63) is 29.3 Å². The van der Waals surface area contributed by atoms with Gasteiger partial charge in [-0.2, -0.15) is 0 Å². The van der Waals surface area contributed by atoms with Crippen LogP contribution in [0.5, 0.6) is 0 Å². The fourth-order valence-electron chi connectivity index (χ4n) is 2.76. The van der Waals surface area contributed by atoms with Crippen molar-refractivity contribution < 1.29 is 4.79 Å². The second-order valence-corrected chi connectivity index (χ2v) is 5.48. The van der Waals surface area contributed by atoms with Gasteiger partial charge in [0.2, 0.25) is 0 Å². The van der Waals surface area contributed by atoms with E-state index in [1.807, 2.05) is 13.8 Å². The molecule has 0 atom stereocenters. The van der Waals surface area contributed by atoms with Gasteiger partial charge in [0, 0.05) is 18.7 Å². The summed E-state index contributed by atoms with van der Waals surface area (Å²) in [5, 5.41) is 0. The molecule has 0 bridgehead atoms. The van der Waals surface area contributed by atoms with Crippen LogP contribution in [-0.4, -0.2) is 17.9 Å². The number of Topliss-reactive ketones (excluding diaryl/α,β-unsaturated/α-hetero) is 1. The highest BCUT2D eigenvalue weighted by Crippen LogP contribution is 2.34. The third-order valence-electron chi connectivity index (χ3n) is 3.85. The topological polar surface area (TPSA) is 20.3 Å². The summed E-state index contributed by atoms with van der Waals surface area (Å²) in [6.07, 6.45) is 1.68. The molecule has 0 unspecified atom stereocenters. The minimum absolute atomic E-state index is 0.353. The van der Waals surface area contributed by atoms with Gasteiger partial charge in [-0.1, -0.05) is 18.2 Å². The molecule has 1 aromatic rings. The number of carbonyl (C=O) groups is 1. The van der Waals surface area contributed by atoms with E-state index in [2.05, 4.69) is 36.9 Å². The summed E-state index contributed by atoms with van der Waals surface area (Å²) in [6, 6.07) is 6.32. The van der Waals surface area contributed by atoms with E-state index in [1.54, 1.807) is 0 Å². The van der Waals surface area contributed by atoms with Crippen LogP contribution < -0.4 is 4.90 Å². The lowest BCUT2D eigenvalue weighted by atomic mass is 9.87. The Kier molecular flexibility index (Phi) is 2.98. The first-order valence-electron chi connectivity index (χ1n) is 6.32. The number of benzene rings is 1. The number of nitrogens with zero attached hydrogens (tertiary/aromatic N) is 1. The minimum Gasteiger partial charge on any atom is -0.359 e. The van der Waals surface area contributed by atoms with E-state index in [0.717, 1.165) is 13.0 Å². The van der Waals surface area contributed by atoms with E-state index in [4.69, 9.17) is 0 Å². The Bertz CT molecular complexity index is 428. The molecule has 1 aliphatic heterocycles. The van der Waals surface area contributed by atoms with Crippen LogP contribution in [0, 0.1) is 13.8 Å². The second kappa shape index (κ2) is 4.17. The summed E-state index contributed by atoms with van der Waals surface area (Å²) < 4.78 is 0. The van der Waals surface area contributed by atoms with Gasteiger partial charge >= 0.3 is 0 Å². The Hall–Kier alpha value is -1.31. The lowest BCUT2D eigenvalue weighted by Gasteiger charge is -2.44. The Labute approximate surface area is 104 Å². The number of aryl methyl sites for hydroxylation is 2. The molecule has 1 heterocycles. The zero-order valence-corrected chi connectivity index (χ0v) is 11.2. The Morgan fingerprint density at radius 2 is 1.76 bits per heavy atom. The number of carbonyl (C=O) groups excluding carboxylic acids is 1. The normalized spacial score (nSPS) is 19.5. The molecule has 1 aliphatic rings. The van der Waals surface area contributed by atoms with Crippen molar-refractivity contribution in [2.75, 3.05) is 11.4 Å². The first-order valence-corrected chi connectivity index (χ1v) is 6.32. The number of rotatable bonds is 1. The second-order valence-electron chi connectivity index (χ2n) is 5.48. The van der Waals surface area contributed by atoms with E-state index in [0.29, 0.717) is 12.2 Å². The van der Waals surface area contributed by atoms with E-state index in [-0.39, 0.29) is 5.54 Å². The van der Waals surface area contributed by atoms with E-state index in [1.165, 1.54) is 16.8 Å². The van der Waals surface area contributed by atoms with Crippen LogP contribution in [-0.2, 0) is 4.79 Å². The van der Waals surface area contributed by atoms with Crippen molar-refractivity contribution in [3.8, 4) is 0 Å². The molecule has 0 saturated carbocycles. The molecule has 0 aromatic heterocycles. The van der Waals surface area contributed by atoms with Gasteiger partial charge in [-0.15, -0.1) is 0 Å². The molecular weight excluding hydrogens is 210 g/mol. The zero-order valence-electron chi connectivity index (χ0n) is 11.2. The maximum atomic E-state index is 12.1. The summed E-state index contributed by atoms with van der Waals surface area (Å²) in [4.78, 5) is 14.4. The SMILES string of the molecule is Cc1cccc(C)c1N1CCCC(=O)C1(C)C. The van der Waals surface area contributed by atoms with Crippen LogP contribution in [0.4, 0.5) is 5.69 Å². The molecule has 0 amide bonds. The van der Waals surface area contributed by atoms with Crippen molar-refractivity contribution in [2.45, 2.75) is 46.1 Å². The van der Waals surface area contributed by atoms with Gasteiger partial charge in [0.25, 0.3) is 0 Å². The maximum Gasteiger partial charge on any atom is 0.157 e. The summed E-state index contributed by atoms with van der Waals surface area (Å²) in [6.45, 7) is 9.31. The Balaban J connectivity index is 2.49. The number of ketones is 1. The van der Waals surface area contributed by atoms with E-state index >= 15 is 0 Å². The predicted molar refractivity (Wildman–Crippen MR) is 71.6 cm³/mol. The lowest BCUT2D eigenvalue weighted by Crippen LogP contribution is -2.54. The molecule has 2 heteroatoms. The monoisotopic (exact) mass is 231 g/mol. The van der Waals surface area contributed by atoms with Gasteiger partial charge in [-0.05, 0) is 45.2 Å². The van der Waals surface area contributed by atoms with E-state index in [9.17, 15) is 4.79 Å². The zero-order chi connectivity index (χ0) is 12.6. The van der Waals surface area contributed by atoms with Crippen LogP contribution in [0.15, 0.2) is 18.2 Å². The van der Waals surface area contributed by atoms with Crippen molar-refractivity contribution in [3.63, 3.8) is 0 Å². The van der Waals surface area contributed by atoms with E-state index < -0.39 is 0 Å². The van der Waals surface area contributed by atoms with Crippen molar-refractivity contribution in [1.82, 2.24) is 0 Å². The summed E-state index contributed by atoms with van der Waals surface area (Å²) in [7, 11) is 0. The highest BCUT2D eigenvalue weighted by atomic mass is 16.1. The maximum absolute atomic E-state index is 12.1. The van der Waals surface area contributed by atoms with Gasteiger partial charge in [0.1, 0.15) is 0 Å². The van der Waals surface area contributed by atoms with Crippen molar-refractivity contribution in [2.24, 2.45) is 0 Å². The molecule has 92 valence electrons. The molecule has 1 fully saturated rings. The fraction of sp³-hybridized carbons (Fsp3) is 0.533. The van der Waals surface area contributed by atoms with Gasteiger partial charge in [-0.25, -0.2) is 0 Å². The van der Waals surface area contributed by atoms with Crippen LogP contribution >= 0.6 is 0 Å². The third kappa shape index (κ3) is 1.97. The van der Waals surface area contributed by atoms with Crippen LogP contribution in [0.1, 0.15) is 37.8 Å². The third-order valence-corrected chi connectivity index (χ3v) is 3.85. The number of hydrogen-bond donors (Lipinski definition) is 0. The lowest BCUT2D eigenvalue weighted by molar-refractivity contribution is -0.124. The number of hydrogen-bond acceptors (Lipinski definition) is 2. The molecule has 2 rings (SSSR count). The average Bonchev–Trinajstić information content (AvgIpc) is 2.24. The molecule has 0 spiro atoms. The quantitative estimate of drug-likeness (QED) is 0.739. The van der Waals surface area contributed by atoms with Gasteiger partial charge in [0.05, 0.1) is 5.54 Å². The fourth-order valence-corrected chi connectivity index (χ4v) is 2.76. The van der Waals surface area contributed by atoms with Gasteiger partial charge < -0.3 is 4.90 Å². The molecule has 17 heavy (non-hydrogen) atoms. The van der Waals surface area contributed by atoms with Crippen molar-refractivity contribution >= 4 is 11.5 Å². The smallest absolute Gasteiger partial charge is 0.157 e. The molecule has 1 saturated heterocycles. The Morgan fingerprint density at radius 1 is 1.18 bits per heavy atom. The molecule has 0 aliphatic carbocycles. The van der Waals surface area contributed by atoms with Crippen LogP contribution in [0.25, 0.3) is 0 Å². The summed E-state index contributed by atoms with van der Waals surface area (Å²) in [5.74, 6) is 0.353. The van der Waals surface area contributed by atoms with Gasteiger partial charge in [-0.3, -0.25) is 4.79 Å². The molecular formula is C15H21NO. The predicted octanol–water partition coefficient (Wildman–Crippen LogP) is 3.25. The first kappa shape index (κ1) is 12.2. The molecule has 1 aromatic carbocycles. The number of para-hydroxylation sites is 1. The molecule has 0 N–H and O–H groups in total. The molecule has 2 nitrogen and oxygen atoms in total. The summed E-state index contributed by atoms with van der Waals surface area (Å²) in [5.41, 5.74) is 3.39. The van der Waals surface area contributed by atoms with Crippen molar-refractivity contribution in [1.29, 1.82) is 0 Å². The summed E-state index contributed by atoms with van der Waals surface area (Å²) >= 11 is 0. The Morgan fingerprint density at radius 3 is 2.35 bits per heavy atom. The molecule has 0 radical (unpaired) electrons.